The van der Waals surface area contributed by atoms with Crippen molar-refractivity contribution in [1.82, 2.24) is 9.38 Å². The molecule has 0 radical (unpaired) electrons. The molecule has 2 heteroatoms. The molecule has 0 aliphatic heterocycles. The lowest BCUT2D eigenvalue weighted by molar-refractivity contribution is 1.24. The number of fused-ring (bicyclic) bond motifs is 3. The second kappa shape index (κ2) is 1.91. The number of hydrogen-bond acceptors (Lipinski definition) is 0. The third-order valence-electron chi connectivity index (χ3n) is 2.21. The molecule has 1 aromatic carbocycles. The van der Waals surface area contributed by atoms with Gasteiger partial charge in [0.25, 0.3) is 0 Å². The highest BCUT2D eigenvalue weighted by atomic mass is 15.0. The van der Waals surface area contributed by atoms with Gasteiger partial charge in [-0.1, -0.05) is 24.3 Å². The topological polar surface area (TPSA) is 20.2 Å². The molecule has 58 valence electrons. The number of aromatic amines is 1. The molecule has 0 aliphatic rings. The monoisotopic (exact) mass is 156 g/mol. The highest BCUT2D eigenvalue weighted by Gasteiger charge is 2.00. The Kier molecular flexibility index (Phi) is 0.939. The molecular weight excluding hydrogens is 148 g/mol. The van der Waals surface area contributed by atoms with Crippen LogP contribution in [-0.2, 0) is 0 Å². The van der Waals surface area contributed by atoms with Crippen LogP contribution < -0.4 is 0 Å². The van der Waals surface area contributed by atoms with Gasteiger partial charge in [-0.05, 0) is 0 Å². The zero-order valence-electron chi connectivity index (χ0n) is 6.49. The molecule has 0 unspecified atom stereocenters. The molecule has 0 spiro atoms. The summed E-state index contributed by atoms with van der Waals surface area (Å²) in [5.74, 6) is 0. The van der Waals surface area contributed by atoms with Crippen LogP contribution in [0.25, 0.3) is 16.4 Å². The lowest BCUT2D eigenvalue weighted by Gasteiger charge is -1.85. The Morgan fingerprint density at radius 1 is 1.17 bits per heavy atom. The minimum atomic E-state index is 1.17. The minimum Gasteiger partial charge on any atom is -0.346 e. The Labute approximate surface area is 69.4 Å². The summed E-state index contributed by atoms with van der Waals surface area (Å²) in [6.07, 6.45) is 6.10. The molecule has 2 aromatic heterocycles. The summed E-state index contributed by atoms with van der Waals surface area (Å²) >= 11 is 0. The van der Waals surface area contributed by atoms with Crippen LogP contribution in [-0.4, -0.2) is 9.38 Å². The lowest BCUT2D eigenvalue weighted by atomic mass is 10.2. The van der Waals surface area contributed by atoms with Gasteiger partial charge >= 0.3 is 0 Å². The fraction of sp³-hybridized carbons (Fsp3) is 0. The van der Waals surface area contributed by atoms with Crippen molar-refractivity contribution in [3.8, 4) is 0 Å². The number of aromatic nitrogens is 2. The zero-order valence-corrected chi connectivity index (χ0v) is 6.49. The van der Waals surface area contributed by atoms with E-state index in [2.05, 4.69) is 39.8 Å². The normalized spacial score (nSPS) is 11.3. The Hall–Kier alpha value is -1.70. The highest BCUT2D eigenvalue weighted by Crippen LogP contribution is 2.19. The van der Waals surface area contributed by atoms with Gasteiger partial charge in [-0.3, -0.25) is 0 Å². The predicted octanol–water partition coefficient (Wildman–Crippen LogP) is 2.42. The molecule has 0 fully saturated rings. The molecular formula is C10H8N2. The van der Waals surface area contributed by atoms with Crippen LogP contribution in [0.3, 0.4) is 0 Å². The average molecular weight is 156 g/mol. The summed E-state index contributed by atoms with van der Waals surface area (Å²) in [6.45, 7) is 0. The predicted molar refractivity (Wildman–Crippen MR) is 49.3 cm³/mol. The van der Waals surface area contributed by atoms with E-state index in [1.807, 2.05) is 12.4 Å². The Morgan fingerprint density at radius 2 is 2.08 bits per heavy atom. The van der Waals surface area contributed by atoms with E-state index >= 15 is 0 Å². The van der Waals surface area contributed by atoms with Crippen molar-refractivity contribution in [2.75, 3.05) is 0 Å². The first-order valence-corrected chi connectivity index (χ1v) is 3.98. The summed E-state index contributed by atoms with van der Waals surface area (Å²) in [6, 6.07) is 8.36. The van der Waals surface area contributed by atoms with Gasteiger partial charge in [0.05, 0.1) is 0 Å². The summed E-state index contributed by atoms with van der Waals surface area (Å²) in [5.41, 5.74) is 1.17. The van der Waals surface area contributed by atoms with Crippen LogP contribution in [0.15, 0.2) is 42.9 Å². The van der Waals surface area contributed by atoms with Crippen LogP contribution in [0.2, 0.25) is 0 Å². The number of nitrogens with zero attached hydrogens (tertiary/aromatic N) is 1. The van der Waals surface area contributed by atoms with Crippen LogP contribution in [0.4, 0.5) is 0 Å². The smallest absolute Gasteiger partial charge is 0.122 e. The molecule has 1 N–H and O–H groups in total. The van der Waals surface area contributed by atoms with Crippen LogP contribution in [0.5, 0.6) is 0 Å². The van der Waals surface area contributed by atoms with Gasteiger partial charge < -0.3 is 9.38 Å². The molecule has 0 saturated heterocycles. The maximum Gasteiger partial charge on any atom is 0.122 e. The van der Waals surface area contributed by atoms with Crippen LogP contribution in [0, 0.1) is 0 Å². The molecule has 0 amide bonds. The SMILES string of the molecule is c1ccc2c(c1)cn1cc[nH]c21. The summed E-state index contributed by atoms with van der Waals surface area (Å²) < 4.78 is 2.10. The van der Waals surface area contributed by atoms with Crippen molar-refractivity contribution in [3.05, 3.63) is 42.9 Å². The Bertz CT molecular complexity index is 530. The van der Waals surface area contributed by atoms with Gasteiger partial charge in [0, 0.05) is 29.4 Å². The van der Waals surface area contributed by atoms with Gasteiger partial charge in [-0.25, -0.2) is 0 Å². The molecule has 3 rings (SSSR count). The van der Waals surface area contributed by atoms with Crippen LogP contribution >= 0.6 is 0 Å². The van der Waals surface area contributed by atoms with Crippen molar-refractivity contribution < 1.29 is 0 Å². The third-order valence-corrected chi connectivity index (χ3v) is 2.21. The number of imidazole rings is 1. The van der Waals surface area contributed by atoms with Crippen molar-refractivity contribution >= 4 is 16.4 Å². The fourth-order valence-corrected chi connectivity index (χ4v) is 1.65. The fourth-order valence-electron chi connectivity index (χ4n) is 1.65. The summed E-state index contributed by atoms with van der Waals surface area (Å²) in [7, 11) is 0. The second-order valence-electron chi connectivity index (χ2n) is 2.93. The molecule has 2 nitrogen and oxygen atoms in total. The number of nitrogens with one attached hydrogen (secondary N) is 1. The molecule has 3 aromatic rings. The van der Waals surface area contributed by atoms with E-state index < -0.39 is 0 Å². The number of rotatable bonds is 0. The first-order valence-electron chi connectivity index (χ1n) is 3.98. The molecule has 0 aliphatic carbocycles. The first-order chi connectivity index (χ1) is 5.95. The van der Waals surface area contributed by atoms with Gasteiger partial charge in [0.1, 0.15) is 5.65 Å². The second-order valence-corrected chi connectivity index (χ2v) is 2.93. The maximum atomic E-state index is 3.21. The largest absolute Gasteiger partial charge is 0.346 e. The van der Waals surface area contributed by atoms with Gasteiger partial charge in [0.15, 0.2) is 0 Å². The van der Waals surface area contributed by atoms with E-state index in [1.165, 1.54) is 16.4 Å². The van der Waals surface area contributed by atoms with Gasteiger partial charge in [-0.15, -0.1) is 0 Å². The molecule has 0 bridgehead atoms. The van der Waals surface area contributed by atoms with E-state index in [4.69, 9.17) is 0 Å². The molecule has 0 atom stereocenters. The first kappa shape index (κ1) is 5.89. The number of H-pyrrole nitrogens is 1. The standard InChI is InChI=1S/C10H8N2/c1-2-4-9-8(3-1)7-12-6-5-11-10(9)12/h1-7,11H. The van der Waals surface area contributed by atoms with Gasteiger partial charge in [-0.2, -0.15) is 0 Å². The maximum absolute atomic E-state index is 3.21. The van der Waals surface area contributed by atoms with Crippen molar-refractivity contribution in [2.24, 2.45) is 0 Å². The number of hydrogen-bond donors (Lipinski definition) is 1. The van der Waals surface area contributed by atoms with Crippen molar-refractivity contribution in [2.45, 2.75) is 0 Å². The van der Waals surface area contributed by atoms with Crippen LogP contribution in [0.1, 0.15) is 0 Å². The Morgan fingerprint density at radius 3 is 3.08 bits per heavy atom. The lowest BCUT2D eigenvalue weighted by Crippen LogP contribution is -1.69. The van der Waals surface area contributed by atoms with E-state index in [0.29, 0.717) is 0 Å². The molecule has 2 heterocycles. The Balaban J connectivity index is 2.68. The third kappa shape index (κ3) is 0.593. The summed E-state index contributed by atoms with van der Waals surface area (Å²) in [4.78, 5) is 3.21. The van der Waals surface area contributed by atoms with E-state index in [9.17, 15) is 0 Å². The van der Waals surface area contributed by atoms with Crippen molar-refractivity contribution in [1.29, 1.82) is 0 Å². The highest BCUT2D eigenvalue weighted by molar-refractivity contribution is 5.95. The van der Waals surface area contributed by atoms with Crippen molar-refractivity contribution in [3.63, 3.8) is 0 Å². The quantitative estimate of drug-likeness (QED) is 0.516. The van der Waals surface area contributed by atoms with Gasteiger partial charge in [0.2, 0.25) is 0 Å². The van der Waals surface area contributed by atoms with E-state index in [0.717, 1.165) is 0 Å². The average Bonchev–Trinajstić information content (AvgIpc) is 2.62. The summed E-state index contributed by atoms with van der Waals surface area (Å²) in [5, 5.41) is 2.56. The molecule has 0 saturated carbocycles. The number of benzene rings is 1. The zero-order chi connectivity index (χ0) is 7.97. The van der Waals surface area contributed by atoms with E-state index in [1.54, 1.807) is 0 Å². The minimum absolute atomic E-state index is 1.17. The van der Waals surface area contributed by atoms with E-state index in [-0.39, 0.29) is 0 Å². The molecule has 12 heavy (non-hydrogen) atoms.